The predicted molar refractivity (Wildman–Crippen MR) is 66.7 cm³/mol. The Bertz CT molecular complexity index is 216. The van der Waals surface area contributed by atoms with Crippen LogP contribution in [0.15, 0.2) is 11.8 Å². The molecule has 0 fully saturated rings. The van der Waals surface area contributed by atoms with Gasteiger partial charge in [0.15, 0.2) is 0 Å². The molecule has 0 bridgehead atoms. The van der Waals surface area contributed by atoms with Crippen LogP contribution in [0.4, 0.5) is 0 Å². The first kappa shape index (κ1) is 14.9. The van der Waals surface area contributed by atoms with E-state index < -0.39 is 0 Å². The van der Waals surface area contributed by atoms with Crippen LogP contribution in [0.5, 0.6) is 0 Å². The lowest BCUT2D eigenvalue weighted by Crippen LogP contribution is -2.35. The summed E-state index contributed by atoms with van der Waals surface area (Å²) >= 11 is 0. The van der Waals surface area contributed by atoms with E-state index in [4.69, 9.17) is 0 Å². The second-order valence-corrected chi connectivity index (χ2v) is 3.55. The van der Waals surface area contributed by atoms with Gasteiger partial charge in [-0.05, 0) is 32.9 Å². The zero-order valence-electron chi connectivity index (χ0n) is 10.5. The molecule has 0 radical (unpaired) electrons. The molecule has 0 aliphatic carbocycles. The van der Waals surface area contributed by atoms with E-state index in [0.717, 1.165) is 32.5 Å². The fraction of sp³-hybridized carbons (Fsp3) is 0.727. The number of nitrogens with one attached hydrogen (secondary N) is 4. The fourth-order valence-corrected chi connectivity index (χ4v) is 1.16. The maximum Gasteiger partial charge on any atom is 0.262 e. The average Bonchev–Trinajstić information content (AvgIpc) is 2.28. The van der Waals surface area contributed by atoms with Gasteiger partial charge in [-0.15, -0.1) is 0 Å². The van der Waals surface area contributed by atoms with Crippen molar-refractivity contribution in [3.8, 4) is 0 Å². The normalized spacial score (nSPS) is 11.3. The highest BCUT2D eigenvalue weighted by molar-refractivity contribution is 5.92. The van der Waals surface area contributed by atoms with Crippen molar-refractivity contribution in [1.82, 2.24) is 21.5 Å². The fourth-order valence-electron chi connectivity index (χ4n) is 1.16. The molecule has 16 heavy (non-hydrogen) atoms. The number of amides is 1. The van der Waals surface area contributed by atoms with Crippen molar-refractivity contribution >= 4 is 5.91 Å². The summed E-state index contributed by atoms with van der Waals surface area (Å²) in [6.07, 6.45) is 4.00. The van der Waals surface area contributed by atoms with Crippen LogP contribution in [-0.2, 0) is 4.79 Å². The molecule has 0 aromatic rings. The summed E-state index contributed by atoms with van der Waals surface area (Å²) in [7, 11) is 1.67. The Kier molecular flexibility index (Phi) is 9.75. The van der Waals surface area contributed by atoms with Crippen LogP contribution < -0.4 is 21.5 Å². The molecule has 5 heteroatoms. The van der Waals surface area contributed by atoms with Crippen molar-refractivity contribution in [2.75, 3.05) is 26.7 Å². The number of hydrogen-bond acceptors (Lipinski definition) is 4. The van der Waals surface area contributed by atoms with Crippen molar-refractivity contribution in [3.05, 3.63) is 11.8 Å². The summed E-state index contributed by atoms with van der Waals surface area (Å²) in [5.74, 6) is -0.109. The molecule has 0 aliphatic heterocycles. The highest BCUT2D eigenvalue weighted by atomic mass is 16.2. The summed E-state index contributed by atoms with van der Waals surface area (Å²) < 4.78 is 0. The third kappa shape index (κ3) is 8.26. The smallest absolute Gasteiger partial charge is 0.262 e. The lowest BCUT2D eigenvalue weighted by atomic mass is 10.3. The molecule has 0 unspecified atom stereocenters. The van der Waals surface area contributed by atoms with Crippen LogP contribution in [0.3, 0.4) is 0 Å². The van der Waals surface area contributed by atoms with E-state index >= 15 is 0 Å². The van der Waals surface area contributed by atoms with Gasteiger partial charge in [-0.25, -0.2) is 5.43 Å². The lowest BCUT2D eigenvalue weighted by molar-refractivity contribution is -0.118. The molecule has 0 saturated heterocycles. The van der Waals surface area contributed by atoms with Crippen molar-refractivity contribution in [1.29, 1.82) is 0 Å². The van der Waals surface area contributed by atoms with Crippen LogP contribution in [0, 0.1) is 0 Å². The summed E-state index contributed by atoms with van der Waals surface area (Å²) in [5, 5.41) is 6.39. The second kappa shape index (κ2) is 10.4. The third-order valence-corrected chi connectivity index (χ3v) is 2.09. The van der Waals surface area contributed by atoms with Crippen LogP contribution in [0.1, 0.15) is 26.7 Å². The number of unbranched alkanes of at least 4 members (excludes halogenated alkanes) is 1. The van der Waals surface area contributed by atoms with E-state index in [0.29, 0.717) is 5.57 Å². The van der Waals surface area contributed by atoms with Crippen molar-refractivity contribution in [2.45, 2.75) is 26.7 Å². The van der Waals surface area contributed by atoms with Crippen LogP contribution in [-0.4, -0.2) is 32.6 Å². The summed E-state index contributed by atoms with van der Waals surface area (Å²) in [6, 6.07) is 0. The van der Waals surface area contributed by atoms with E-state index in [1.165, 1.54) is 0 Å². The van der Waals surface area contributed by atoms with E-state index in [9.17, 15) is 4.79 Å². The number of hydrogen-bond donors (Lipinski definition) is 4. The maximum absolute atomic E-state index is 11.3. The first-order valence-corrected chi connectivity index (χ1v) is 5.80. The quantitative estimate of drug-likeness (QED) is 0.257. The van der Waals surface area contributed by atoms with E-state index in [2.05, 4.69) is 28.4 Å². The average molecular weight is 228 g/mol. The molecule has 0 saturated carbocycles. The Morgan fingerprint density at radius 3 is 2.56 bits per heavy atom. The highest BCUT2D eigenvalue weighted by Gasteiger charge is 2.00. The van der Waals surface area contributed by atoms with Crippen molar-refractivity contribution in [2.24, 2.45) is 0 Å². The Balaban J connectivity index is 3.47. The van der Waals surface area contributed by atoms with E-state index in [1.54, 1.807) is 20.2 Å². The Hall–Kier alpha value is -1.07. The van der Waals surface area contributed by atoms with Crippen LogP contribution in [0.25, 0.3) is 0 Å². The van der Waals surface area contributed by atoms with Crippen molar-refractivity contribution < 1.29 is 4.79 Å². The van der Waals surface area contributed by atoms with Gasteiger partial charge in [0, 0.05) is 25.4 Å². The standard InChI is InChI=1S/C11H24N4O/c1-4-13-7-5-6-8-14-9-10(2)11(16)15-12-3/h9,12-14H,4-8H2,1-3H3,(H,15,16)/b10-9-. The molecule has 0 heterocycles. The molecule has 1 amide bonds. The van der Waals surface area contributed by atoms with Crippen molar-refractivity contribution in [3.63, 3.8) is 0 Å². The second-order valence-electron chi connectivity index (χ2n) is 3.55. The van der Waals surface area contributed by atoms with Gasteiger partial charge in [0.2, 0.25) is 0 Å². The van der Waals surface area contributed by atoms with Gasteiger partial charge in [-0.1, -0.05) is 6.92 Å². The number of carbonyl (C=O) groups excluding carboxylic acids is 1. The zero-order chi connectivity index (χ0) is 12.2. The van der Waals surface area contributed by atoms with Gasteiger partial charge in [-0.2, -0.15) is 0 Å². The highest BCUT2D eigenvalue weighted by Crippen LogP contribution is 1.90. The molecule has 4 N–H and O–H groups in total. The summed E-state index contributed by atoms with van der Waals surface area (Å²) in [4.78, 5) is 11.3. The maximum atomic E-state index is 11.3. The van der Waals surface area contributed by atoms with E-state index in [-0.39, 0.29) is 5.91 Å². The molecule has 0 spiro atoms. The van der Waals surface area contributed by atoms with Gasteiger partial charge in [-0.3, -0.25) is 10.2 Å². The zero-order valence-corrected chi connectivity index (χ0v) is 10.5. The van der Waals surface area contributed by atoms with Gasteiger partial charge < -0.3 is 10.6 Å². The molecule has 0 atom stereocenters. The van der Waals surface area contributed by atoms with Crippen LogP contribution >= 0.6 is 0 Å². The number of carbonyl (C=O) groups is 1. The SMILES string of the molecule is CCNCCCCN/C=C(/C)C(=O)NNC. The van der Waals surface area contributed by atoms with Gasteiger partial charge in [0.1, 0.15) is 0 Å². The summed E-state index contributed by atoms with van der Waals surface area (Å²) in [6.45, 7) is 6.86. The Morgan fingerprint density at radius 2 is 1.94 bits per heavy atom. The molecular weight excluding hydrogens is 204 g/mol. The van der Waals surface area contributed by atoms with E-state index in [1.807, 2.05) is 0 Å². The largest absolute Gasteiger partial charge is 0.391 e. The van der Waals surface area contributed by atoms with Gasteiger partial charge in [0.25, 0.3) is 5.91 Å². The topological polar surface area (TPSA) is 65.2 Å². The minimum absolute atomic E-state index is 0.109. The predicted octanol–water partition coefficient (Wildman–Crippen LogP) is 0.120. The molecule has 0 rings (SSSR count). The monoisotopic (exact) mass is 228 g/mol. The first-order valence-electron chi connectivity index (χ1n) is 5.80. The number of rotatable bonds is 9. The molecule has 0 aromatic heterocycles. The summed E-state index contributed by atoms with van der Waals surface area (Å²) in [5.41, 5.74) is 5.77. The molecule has 5 nitrogen and oxygen atoms in total. The third-order valence-electron chi connectivity index (χ3n) is 2.09. The van der Waals surface area contributed by atoms with Crippen LogP contribution in [0.2, 0.25) is 0 Å². The molecule has 94 valence electrons. The minimum Gasteiger partial charge on any atom is -0.391 e. The molecular formula is C11H24N4O. The van der Waals surface area contributed by atoms with Gasteiger partial charge in [0.05, 0.1) is 0 Å². The first-order chi connectivity index (χ1) is 7.72. The molecule has 0 aromatic carbocycles. The lowest BCUT2D eigenvalue weighted by Gasteiger charge is -2.05. The Labute approximate surface area is 98.0 Å². The minimum atomic E-state index is -0.109. The Morgan fingerprint density at radius 1 is 1.25 bits per heavy atom. The number of hydrazine groups is 1. The molecule has 0 aliphatic rings. The van der Waals surface area contributed by atoms with Gasteiger partial charge >= 0.3 is 0 Å².